The van der Waals surface area contributed by atoms with Crippen molar-refractivity contribution in [3.05, 3.63) is 69.8 Å². The van der Waals surface area contributed by atoms with Gasteiger partial charge in [-0.25, -0.2) is 4.79 Å². The fourth-order valence-electron chi connectivity index (χ4n) is 1.87. The number of carbonyl (C=O) groups is 2. The van der Waals surface area contributed by atoms with Crippen LogP contribution < -0.4 is 4.74 Å². The second-order valence-corrected chi connectivity index (χ2v) is 4.50. The van der Waals surface area contributed by atoms with Crippen LogP contribution in [-0.2, 0) is 4.74 Å². The van der Waals surface area contributed by atoms with Crippen LogP contribution in [0.3, 0.4) is 0 Å². The molecule has 0 atom stereocenters. The molecule has 0 saturated carbocycles. The van der Waals surface area contributed by atoms with E-state index in [0.29, 0.717) is 5.75 Å². The number of hydrogen-bond acceptors (Lipinski definition) is 6. The molecule has 0 unspecified atom stereocenters. The fourth-order valence-corrected chi connectivity index (χ4v) is 1.87. The van der Waals surface area contributed by atoms with Crippen LogP contribution in [0.2, 0.25) is 0 Å². The zero-order valence-electron chi connectivity index (χ0n) is 12.2. The van der Waals surface area contributed by atoms with Crippen LogP contribution in [0.5, 0.6) is 5.75 Å². The Morgan fingerprint density at radius 2 is 1.74 bits per heavy atom. The summed E-state index contributed by atoms with van der Waals surface area (Å²) in [4.78, 5) is 33.9. The van der Waals surface area contributed by atoms with Crippen molar-refractivity contribution in [1.29, 1.82) is 0 Å². The maximum absolute atomic E-state index is 12.0. The maximum Gasteiger partial charge on any atom is 0.342 e. The van der Waals surface area contributed by atoms with E-state index in [2.05, 4.69) is 0 Å². The molecule has 118 valence electrons. The smallest absolute Gasteiger partial charge is 0.342 e. The van der Waals surface area contributed by atoms with Gasteiger partial charge in [0.05, 0.1) is 12.0 Å². The minimum absolute atomic E-state index is 0.118. The molecule has 0 radical (unpaired) electrons. The minimum atomic E-state index is -0.683. The van der Waals surface area contributed by atoms with Gasteiger partial charge in [0.2, 0.25) is 0 Å². The van der Waals surface area contributed by atoms with Crippen LogP contribution in [0.25, 0.3) is 0 Å². The Morgan fingerprint density at radius 3 is 2.35 bits per heavy atom. The molecule has 0 bridgehead atoms. The third-order valence-corrected chi connectivity index (χ3v) is 3.06. The predicted octanol–water partition coefficient (Wildman–Crippen LogP) is 2.64. The quantitative estimate of drug-likeness (QED) is 0.352. The lowest BCUT2D eigenvalue weighted by Crippen LogP contribution is -2.15. The lowest BCUT2D eigenvalue weighted by molar-refractivity contribution is -0.384. The largest absolute Gasteiger partial charge is 0.496 e. The lowest BCUT2D eigenvalue weighted by Gasteiger charge is -2.08. The van der Waals surface area contributed by atoms with Crippen LogP contribution in [0.15, 0.2) is 48.5 Å². The average Bonchev–Trinajstić information content (AvgIpc) is 2.59. The van der Waals surface area contributed by atoms with E-state index in [1.165, 1.54) is 37.4 Å². The summed E-state index contributed by atoms with van der Waals surface area (Å²) in [7, 11) is 1.42. The van der Waals surface area contributed by atoms with Gasteiger partial charge in [-0.2, -0.15) is 0 Å². The van der Waals surface area contributed by atoms with E-state index >= 15 is 0 Å². The molecule has 7 heteroatoms. The molecule has 0 spiro atoms. The van der Waals surface area contributed by atoms with Crippen molar-refractivity contribution < 1.29 is 24.0 Å². The van der Waals surface area contributed by atoms with E-state index in [1.54, 1.807) is 18.2 Å². The second-order valence-electron chi connectivity index (χ2n) is 4.50. The van der Waals surface area contributed by atoms with Gasteiger partial charge in [-0.05, 0) is 24.3 Å². The third kappa shape index (κ3) is 3.91. The standard InChI is InChI=1S/C16H13NO6/c1-22-15-5-3-2-4-13(15)16(19)23-10-14(18)11-6-8-12(9-7-11)17(20)21/h2-9H,10H2,1H3. The number of nitrogens with zero attached hydrogens (tertiary/aromatic N) is 1. The summed E-state index contributed by atoms with van der Waals surface area (Å²) in [6.45, 7) is -0.464. The van der Waals surface area contributed by atoms with Crippen molar-refractivity contribution in [1.82, 2.24) is 0 Å². The summed E-state index contributed by atoms with van der Waals surface area (Å²) in [5.74, 6) is -0.791. The number of non-ortho nitro benzene ring substituents is 1. The zero-order valence-corrected chi connectivity index (χ0v) is 12.2. The molecule has 2 rings (SSSR count). The number of esters is 1. The SMILES string of the molecule is COc1ccccc1C(=O)OCC(=O)c1ccc([N+](=O)[O-])cc1. The van der Waals surface area contributed by atoms with Gasteiger partial charge < -0.3 is 9.47 Å². The van der Waals surface area contributed by atoms with Crippen molar-refractivity contribution in [2.75, 3.05) is 13.7 Å². The fraction of sp³-hybridized carbons (Fsp3) is 0.125. The Labute approximate surface area is 131 Å². The van der Waals surface area contributed by atoms with Gasteiger partial charge in [0.25, 0.3) is 5.69 Å². The van der Waals surface area contributed by atoms with Crippen molar-refractivity contribution in [3.8, 4) is 5.75 Å². The van der Waals surface area contributed by atoms with Crippen LogP contribution in [-0.4, -0.2) is 30.4 Å². The summed E-state index contributed by atoms with van der Waals surface area (Å²) in [5.41, 5.74) is 0.322. The van der Waals surface area contributed by atoms with E-state index in [1.807, 2.05) is 0 Å². The molecule has 0 aliphatic carbocycles. The number of ether oxygens (including phenoxy) is 2. The maximum atomic E-state index is 12.0. The molecule has 0 N–H and O–H groups in total. The topological polar surface area (TPSA) is 95.7 Å². The summed E-state index contributed by atoms with van der Waals surface area (Å²) in [5, 5.41) is 10.6. The van der Waals surface area contributed by atoms with Crippen LogP contribution in [0.1, 0.15) is 20.7 Å². The summed E-state index contributed by atoms with van der Waals surface area (Å²) < 4.78 is 10.0. The first-order chi connectivity index (χ1) is 11.0. The normalized spacial score (nSPS) is 9.96. The van der Waals surface area contributed by atoms with Crippen LogP contribution in [0, 0.1) is 10.1 Å². The first-order valence-electron chi connectivity index (χ1n) is 6.60. The van der Waals surface area contributed by atoms with E-state index in [4.69, 9.17) is 9.47 Å². The third-order valence-electron chi connectivity index (χ3n) is 3.06. The van der Waals surface area contributed by atoms with Gasteiger partial charge in [-0.1, -0.05) is 12.1 Å². The highest BCUT2D eigenvalue weighted by molar-refractivity contribution is 6.00. The van der Waals surface area contributed by atoms with E-state index in [9.17, 15) is 19.7 Å². The number of nitro benzene ring substituents is 1. The van der Waals surface area contributed by atoms with Crippen molar-refractivity contribution >= 4 is 17.4 Å². The van der Waals surface area contributed by atoms with Crippen molar-refractivity contribution in [2.24, 2.45) is 0 Å². The first-order valence-corrected chi connectivity index (χ1v) is 6.60. The van der Waals surface area contributed by atoms with Gasteiger partial charge >= 0.3 is 5.97 Å². The van der Waals surface area contributed by atoms with Gasteiger partial charge in [0.1, 0.15) is 11.3 Å². The number of benzene rings is 2. The molecule has 2 aromatic rings. The Balaban J connectivity index is 2.01. The number of ketones is 1. The predicted molar refractivity (Wildman–Crippen MR) is 80.7 cm³/mol. The number of Topliss-reactive ketones (excluding diaryl/α,β-unsaturated/α-hetero) is 1. The molecule has 0 heterocycles. The summed E-state index contributed by atoms with van der Waals surface area (Å²) in [6, 6.07) is 11.6. The van der Waals surface area contributed by atoms with Crippen molar-refractivity contribution in [2.45, 2.75) is 0 Å². The van der Waals surface area contributed by atoms with Gasteiger partial charge in [-0.3, -0.25) is 14.9 Å². The van der Waals surface area contributed by atoms with Crippen LogP contribution in [0.4, 0.5) is 5.69 Å². The highest BCUT2D eigenvalue weighted by atomic mass is 16.6. The monoisotopic (exact) mass is 315 g/mol. The molecule has 0 aliphatic heterocycles. The molecule has 0 fully saturated rings. The Kier molecular flexibility index (Phi) is 5.03. The highest BCUT2D eigenvalue weighted by Crippen LogP contribution is 2.18. The molecular formula is C16H13NO6. The second kappa shape index (κ2) is 7.17. The number of rotatable bonds is 6. The van der Waals surface area contributed by atoms with E-state index in [-0.39, 0.29) is 16.8 Å². The minimum Gasteiger partial charge on any atom is -0.496 e. The molecule has 0 amide bonds. The highest BCUT2D eigenvalue weighted by Gasteiger charge is 2.16. The van der Waals surface area contributed by atoms with E-state index in [0.717, 1.165) is 0 Å². The number of para-hydroxylation sites is 1. The molecule has 2 aromatic carbocycles. The Morgan fingerprint density at radius 1 is 1.09 bits per heavy atom. The number of carbonyl (C=O) groups excluding carboxylic acids is 2. The lowest BCUT2D eigenvalue weighted by atomic mass is 10.1. The number of methoxy groups -OCH3 is 1. The zero-order chi connectivity index (χ0) is 16.8. The van der Waals surface area contributed by atoms with E-state index < -0.39 is 23.3 Å². The Bertz CT molecular complexity index is 738. The van der Waals surface area contributed by atoms with Gasteiger partial charge in [0, 0.05) is 17.7 Å². The van der Waals surface area contributed by atoms with Gasteiger partial charge in [0.15, 0.2) is 12.4 Å². The number of nitro groups is 1. The van der Waals surface area contributed by atoms with Crippen LogP contribution >= 0.6 is 0 Å². The molecular weight excluding hydrogens is 302 g/mol. The molecule has 23 heavy (non-hydrogen) atoms. The molecule has 7 nitrogen and oxygen atoms in total. The number of hydrogen-bond donors (Lipinski definition) is 0. The first kappa shape index (κ1) is 16.2. The molecule has 0 aromatic heterocycles. The average molecular weight is 315 g/mol. The van der Waals surface area contributed by atoms with Crippen molar-refractivity contribution in [3.63, 3.8) is 0 Å². The molecule has 0 saturated heterocycles. The molecule has 0 aliphatic rings. The Hall–Kier alpha value is -3.22. The van der Waals surface area contributed by atoms with Gasteiger partial charge in [-0.15, -0.1) is 0 Å². The summed E-state index contributed by atoms with van der Waals surface area (Å²) >= 11 is 0. The summed E-state index contributed by atoms with van der Waals surface area (Å²) in [6.07, 6.45) is 0.